The SMILES string of the molecule is CC(C)(C)c1nc2c(n1-c1cc(F)ccc1F)CCNC2. The van der Waals surface area contributed by atoms with Crippen molar-refractivity contribution in [3.63, 3.8) is 0 Å². The molecule has 112 valence electrons. The third-order valence-corrected chi connectivity index (χ3v) is 3.71. The van der Waals surface area contributed by atoms with E-state index in [9.17, 15) is 8.78 Å². The highest BCUT2D eigenvalue weighted by Crippen LogP contribution is 2.30. The molecule has 0 radical (unpaired) electrons. The van der Waals surface area contributed by atoms with Gasteiger partial charge in [-0.05, 0) is 12.1 Å². The quantitative estimate of drug-likeness (QED) is 0.875. The maximum Gasteiger partial charge on any atom is 0.147 e. The Morgan fingerprint density at radius 2 is 2.00 bits per heavy atom. The molecule has 0 saturated carbocycles. The monoisotopic (exact) mass is 291 g/mol. The van der Waals surface area contributed by atoms with E-state index in [1.54, 1.807) is 4.57 Å². The highest BCUT2D eigenvalue weighted by Gasteiger charge is 2.29. The van der Waals surface area contributed by atoms with Gasteiger partial charge in [0.15, 0.2) is 0 Å². The summed E-state index contributed by atoms with van der Waals surface area (Å²) in [4.78, 5) is 4.68. The average molecular weight is 291 g/mol. The second kappa shape index (κ2) is 4.91. The largest absolute Gasteiger partial charge is 0.311 e. The Balaban J connectivity index is 2.29. The first-order valence-corrected chi connectivity index (χ1v) is 7.15. The van der Waals surface area contributed by atoms with Gasteiger partial charge in [0, 0.05) is 36.7 Å². The van der Waals surface area contributed by atoms with E-state index < -0.39 is 11.6 Å². The van der Waals surface area contributed by atoms with Crippen molar-refractivity contribution >= 4 is 0 Å². The molecule has 1 aliphatic heterocycles. The standard InChI is InChI=1S/C16H19F2N3/c1-16(2,3)15-20-12-9-19-7-6-13(12)21(15)14-8-10(17)4-5-11(14)18/h4-5,8,19H,6-7,9H2,1-3H3. The van der Waals surface area contributed by atoms with Crippen molar-refractivity contribution in [3.05, 3.63) is 47.0 Å². The van der Waals surface area contributed by atoms with Crippen molar-refractivity contribution in [2.24, 2.45) is 0 Å². The number of fused-ring (bicyclic) bond motifs is 1. The summed E-state index contributed by atoms with van der Waals surface area (Å²) in [6, 6.07) is 3.56. The number of halogens is 2. The van der Waals surface area contributed by atoms with E-state index in [4.69, 9.17) is 0 Å². The molecule has 1 aromatic heterocycles. The summed E-state index contributed by atoms with van der Waals surface area (Å²) in [7, 11) is 0. The zero-order valence-corrected chi connectivity index (χ0v) is 12.5. The summed E-state index contributed by atoms with van der Waals surface area (Å²) in [6.07, 6.45) is 0.758. The molecule has 5 heteroatoms. The minimum atomic E-state index is -0.442. The molecule has 1 aliphatic rings. The van der Waals surface area contributed by atoms with Crippen LogP contribution in [0.1, 0.15) is 38.0 Å². The van der Waals surface area contributed by atoms with Gasteiger partial charge in [-0.15, -0.1) is 0 Å². The van der Waals surface area contributed by atoms with Gasteiger partial charge in [0.05, 0.1) is 11.4 Å². The van der Waals surface area contributed by atoms with Crippen LogP contribution in [0.5, 0.6) is 0 Å². The fourth-order valence-corrected chi connectivity index (χ4v) is 2.73. The van der Waals surface area contributed by atoms with Crippen molar-refractivity contribution in [3.8, 4) is 5.69 Å². The first kappa shape index (κ1) is 14.2. The molecule has 3 nitrogen and oxygen atoms in total. The normalized spacial score (nSPS) is 15.1. The average Bonchev–Trinajstić information content (AvgIpc) is 2.81. The van der Waals surface area contributed by atoms with E-state index in [-0.39, 0.29) is 11.1 Å². The molecule has 0 unspecified atom stereocenters. The van der Waals surface area contributed by atoms with Gasteiger partial charge < -0.3 is 5.32 Å². The zero-order valence-electron chi connectivity index (χ0n) is 12.5. The lowest BCUT2D eigenvalue weighted by Gasteiger charge is -2.22. The molecule has 2 heterocycles. The summed E-state index contributed by atoms with van der Waals surface area (Å²) in [5.74, 6) is -0.107. The van der Waals surface area contributed by atoms with E-state index in [1.165, 1.54) is 12.1 Å². The maximum atomic E-state index is 14.2. The Hall–Kier alpha value is -1.75. The molecule has 0 saturated heterocycles. The number of rotatable bonds is 1. The maximum absolute atomic E-state index is 14.2. The van der Waals surface area contributed by atoms with E-state index in [0.717, 1.165) is 36.2 Å². The third kappa shape index (κ3) is 2.46. The van der Waals surface area contributed by atoms with Crippen LogP contribution in [-0.2, 0) is 18.4 Å². The van der Waals surface area contributed by atoms with Gasteiger partial charge in [-0.3, -0.25) is 4.57 Å². The topological polar surface area (TPSA) is 29.9 Å². The molecule has 2 aromatic rings. The summed E-state index contributed by atoms with van der Waals surface area (Å²) in [5, 5.41) is 3.27. The first-order valence-electron chi connectivity index (χ1n) is 7.15. The molecular weight excluding hydrogens is 272 g/mol. The van der Waals surface area contributed by atoms with E-state index in [1.807, 2.05) is 20.8 Å². The van der Waals surface area contributed by atoms with Crippen LogP contribution in [0.3, 0.4) is 0 Å². The second-order valence-electron chi connectivity index (χ2n) is 6.44. The predicted molar refractivity (Wildman–Crippen MR) is 77.6 cm³/mol. The molecule has 0 atom stereocenters. The Morgan fingerprint density at radius 3 is 2.71 bits per heavy atom. The summed E-state index contributed by atoms with van der Waals surface area (Å²) in [6.45, 7) is 7.58. The van der Waals surface area contributed by atoms with Crippen LogP contribution in [0.15, 0.2) is 18.2 Å². The zero-order chi connectivity index (χ0) is 15.2. The van der Waals surface area contributed by atoms with Crippen LogP contribution in [0, 0.1) is 11.6 Å². The van der Waals surface area contributed by atoms with Gasteiger partial charge in [-0.25, -0.2) is 13.8 Å². The minimum Gasteiger partial charge on any atom is -0.311 e. The summed E-state index contributed by atoms with van der Waals surface area (Å²) >= 11 is 0. The van der Waals surface area contributed by atoms with E-state index >= 15 is 0 Å². The smallest absolute Gasteiger partial charge is 0.147 e. The molecule has 0 spiro atoms. The van der Waals surface area contributed by atoms with Gasteiger partial charge >= 0.3 is 0 Å². The number of nitrogens with zero attached hydrogens (tertiary/aromatic N) is 2. The Labute approximate surface area is 123 Å². The van der Waals surface area contributed by atoms with E-state index in [0.29, 0.717) is 6.54 Å². The lowest BCUT2D eigenvalue weighted by Crippen LogP contribution is -2.25. The Morgan fingerprint density at radius 1 is 1.24 bits per heavy atom. The number of nitrogens with one attached hydrogen (secondary N) is 1. The van der Waals surface area contributed by atoms with Crippen LogP contribution in [0.25, 0.3) is 5.69 Å². The van der Waals surface area contributed by atoms with Gasteiger partial charge in [0.2, 0.25) is 0 Å². The van der Waals surface area contributed by atoms with Gasteiger partial charge in [-0.1, -0.05) is 20.8 Å². The molecule has 0 bridgehead atoms. The van der Waals surface area contributed by atoms with Crippen LogP contribution < -0.4 is 5.32 Å². The van der Waals surface area contributed by atoms with Crippen LogP contribution in [0.2, 0.25) is 0 Å². The van der Waals surface area contributed by atoms with Crippen LogP contribution in [-0.4, -0.2) is 16.1 Å². The molecule has 3 rings (SSSR count). The second-order valence-corrected chi connectivity index (χ2v) is 6.44. The fourth-order valence-electron chi connectivity index (χ4n) is 2.73. The van der Waals surface area contributed by atoms with E-state index in [2.05, 4.69) is 10.3 Å². The van der Waals surface area contributed by atoms with Crippen molar-refractivity contribution in [2.75, 3.05) is 6.54 Å². The van der Waals surface area contributed by atoms with Crippen LogP contribution >= 0.6 is 0 Å². The molecule has 21 heavy (non-hydrogen) atoms. The fraction of sp³-hybridized carbons (Fsp3) is 0.438. The van der Waals surface area contributed by atoms with Crippen molar-refractivity contribution in [2.45, 2.75) is 39.2 Å². The van der Waals surface area contributed by atoms with Gasteiger partial charge in [0.1, 0.15) is 17.5 Å². The van der Waals surface area contributed by atoms with Crippen molar-refractivity contribution in [1.82, 2.24) is 14.9 Å². The Kier molecular flexibility index (Phi) is 3.32. The lowest BCUT2D eigenvalue weighted by molar-refractivity contribution is 0.522. The molecule has 1 N–H and O–H groups in total. The molecule has 0 fully saturated rings. The predicted octanol–water partition coefficient (Wildman–Crippen LogP) is 3.09. The molecule has 0 aliphatic carbocycles. The number of imidazole rings is 1. The van der Waals surface area contributed by atoms with Gasteiger partial charge in [-0.2, -0.15) is 0 Å². The summed E-state index contributed by atoms with van der Waals surface area (Å²) in [5.41, 5.74) is 1.89. The number of hydrogen-bond acceptors (Lipinski definition) is 2. The number of hydrogen-bond donors (Lipinski definition) is 1. The molecular formula is C16H19F2N3. The highest BCUT2D eigenvalue weighted by molar-refractivity contribution is 5.41. The lowest BCUT2D eigenvalue weighted by atomic mass is 9.95. The number of aromatic nitrogens is 2. The summed E-state index contributed by atoms with van der Waals surface area (Å²) < 4.78 is 29.6. The highest BCUT2D eigenvalue weighted by atomic mass is 19.1. The minimum absolute atomic E-state index is 0.246. The third-order valence-electron chi connectivity index (χ3n) is 3.71. The van der Waals surface area contributed by atoms with Gasteiger partial charge in [0.25, 0.3) is 0 Å². The van der Waals surface area contributed by atoms with Crippen molar-refractivity contribution < 1.29 is 8.78 Å². The number of benzene rings is 1. The first-order chi connectivity index (χ1) is 9.88. The molecule has 0 amide bonds. The Bertz CT molecular complexity index is 684. The molecule has 1 aromatic carbocycles. The van der Waals surface area contributed by atoms with Crippen LogP contribution in [0.4, 0.5) is 8.78 Å². The van der Waals surface area contributed by atoms with Crippen molar-refractivity contribution in [1.29, 1.82) is 0 Å².